The molecule has 1 N–H and O–H groups in total. The molecular weight excluding hydrogens is 278 g/mol. The molecule has 114 valence electrons. The Hall–Kier alpha value is -2.32. The van der Waals surface area contributed by atoms with Gasteiger partial charge in [-0.2, -0.15) is 0 Å². The summed E-state index contributed by atoms with van der Waals surface area (Å²) in [4.78, 5) is 21.8. The van der Waals surface area contributed by atoms with E-state index in [0.717, 1.165) is 12.1 Å². The Bertz CT molecular complexity index is 564. The van der Waals surface area contributed by atoms with Crippen LogP contribution in [-0.2, 0) is 0 Å². The minimum atomic E-state index is -0.963. The normalized spacial score (nSPS) is 13.8. The van der Waals surface area contributed by atoms with E-state index in [1.54, 1.807) is 21.0 Å². The fraction of sp³-hybridized carbons (Fsp3) is 0.385. The van der Waals surface area contributed by atoms with Gasteiger partial charge in [-0.3, -0.25) is 14.9 Å². The van der Waals surface area contributed by atoms with Crippen LogP contribution in [0.1, 0.15) is 17.3 Å². The molecule has 8 heteroatoms. The molecule has 0 bridgehead atoms. The number of likely N-dealkylation sites (N-methyl/N-ethyl adjacent to an activating group) is 1. The van der Waals surface area contributed by atoms with Gasteiger partial charge in [0.05, 0.1) is 24.9 Å². The Labute approximate surface area is 121 Å². The SMILES string of the molecule is CC(O)C[N+](C)(C)/N=C(\[O-])C(=O)c1ccc([N+](=O)[O-])cc1. The highest BCUT2D eigenvalue weighted by molar-refractivity contribution is 6.41. The smallest absolute Gasteiger partial charge is 0.269 e. The molecule has 8 nitrogen and oxygen atoms in total. The van der Waals surface area contributed by atoms with Gasteiger partial charge in [0, 0.05) is 17.7 Å². The van der Waals surface area contributed by atoms with Crippen LogP contribution in [0.3, 0.4) is 0 Å². The number of benzene rings is 1. The lowest BCUT2D eigenvalue weighted by Crippen LogP contribution is -2.43. The van der Waals surface area contributed by atoms with E-state index in [0.29, 0.717) is 0 Å². The van der Waals surface area contributed by atoms with Crippen LogP contribution in [0.15, 0.2) is 29.4 Å². The fourth-order valence-electron chi connectivity index (χ4n) is 1.84. The van der Waals surface area contributed by atoms with Gasteiger partial charge in [-0.25, -0.2) is 4.59 Å². The zero-order valence-corrected chi connectivity index (χ0v) is 12.0. The highest BCUT2D eigenvalue weighted by atomic mass is 16.6. The van der Waals surface area contributed by atoms with E-state index in [1.165, 1.54) is 12.1 Å². The summed E-state index contributed by atoms with van der Waals surface area (Å²) in [5, 5.41) is 35.4. The highest BCUT2D eigenvalue weighted by Crippen LogP contribution is 2.12. The topological polar surface area (TPSA) is 116 Å². The molecule has 0 amide bonds. The summed E-state index contributed by atoms with van der Waals surface area (Å²) in [5.41, 5.74) is -0.132. The largest absolute Gasteiger partial charge is 0.852 e. The molecule has 0 heterocycles. The monoisotopic (exact) mass is 295 g/mol. The number of quaternary nitrogens is 1. The molecule has 0 fully saturated rings. The lowest BCUT2D eigenvalue weighted by molar-refractivity contribution is -0.900. The van der Waals surface area contributed by atoms with Crippen LogP contribution in [0.2, 0.25) is 0 Å². The average molecular weight is 295 g/mol. The molecule has 0 aromatic heterocycles. The van der Waals surface area contributed by atoms with Crippen LogP contribution in [0, 0.1) is 10.1 Å². The summed E-state index contributed by atoms with van der Waals surface area (Å²) in [5.74, 6) is -1.81. The van der Waals surface area contributed by atoms with Crippen molar-refractivity contribution < 1.29 is 24.5 Å². The molecule has 1 rings (SSSR count). The number of non-ortho nitro benzene ring substituents is 1. The number of nitrogens with zero attached hydrogens (tertiary/aromatic N) is 3. The third kappa shape index (κ3) is 4.93. The number of Topliss-reactive ketones (excluding diaryl/α,β-unsaturated/α-hetero) is 1. The first-order valence-electron chi connectivity index (χ1n) is 6.20. The number of aliphatic hydroxyl groups is 1. The number of nitro benzene ring substituents is 1. The molecular formula is C13H17N3O5. The summed E-state index contributed by atoms with van der Waals surface area (Å²) in [6, 6.07) is 4.72. The van der Waals surface area contributed by atoms with Crippen molar-refractivity contribution in [3.8, 4) is 0 Å². The summed E-state index contributed by atoms with van der Waals surface area (Å²) in [6.45, 7) is 1.73. The van der Waals surface area contributed by atoms with Crippen LogP contribution < -0.4 is 5.11 Å². The first kappa shape index (κ1) is 16.7. The molecule has 0 saturated carbocycles. The van der Waals surface area contributed by atoms with Gasteiger partial charge in [-0.1, -0.05) is 5.10 Å². The Morgan fingerprint density at radius 1 is 1.38 bits per heavy atom. The third-order valence-corrected chi connectivity index (χ3v) is 2.61. The predicted molar refractivity (Wildman–Crippen MR) is 73.5 cm³/mol. The molecule has 0 aliphatic carbocycles. The molecule has 0 radical (unpaired) electrons. The van der Waals surface area contributed by atoms with Gasteiger partial charge < -0.3 is 10.2 Å². The molecule has 0 aliphatic rings. The van der Waals surface area contributed by atoms with Crippen molar-refractivity contribution in [1.29, 1.82) is 0 Å². The standard InChI is InChI=1S/C13H17N3O5/c1-9(17)8-16(2,3)14-13(19)12(18)10-4-6-11(7-5-10)15(20)21/h4-7,9,17H,8H2,1-3H3. The van der Waals surface area contributed by atoms with Crippen LogP contribution >= 0.6 is 0 Å². The number of rotatable bonds is 6. The van der Waals surface area contributed by atoms with Gasteiger partial charge in [-0.15, -0.1) is 0 Å². The van der Waals surface area contributed by atoms with Crippen LogP contribution in [-0.4, -0.2) is 53.0 Å². The summed E-state index contributed by atoms with van der Waals surface area (Å²) in [6.07, 6.45) is -0.675. The second-order valence-corrected chi connectivity index (χ2v) is 5.19. The van der Waals surface area contributed by atoms with Crippen LogP contribution in [0.5, 0.6) is 0 Å². The lowest BCUT2D eigenvalue weighted by Gasteiger charge is -2.26. The Morgan fingerprint density at radius 2 is 1.90 bits per heavy atom. The average Bonchev–Trinajstić information content (AvgIpc) is 2.35. The van der Waals surface area contributed by atoms with E-state index in [1.807, 2.05) is 0 Å². The number of hydrogen-bond donors (Lipinski definition) is 1. The number of carbonyl (C=O) groups is 1. The molecule has 0 saturated heterocycles. The zero-order chi connectivity index (χ0) is 16.2. The number of hydrogen-bond acceptors (Lipinski definition) is 6. The molecule has 1 atom stereocenters. The fourth-order valence-corrected chi connectivity index (χ4v) is 1.84. The number of carbonyl (C=O) groups excluding carboxylic acids is 1. The lowest BCUT2D eigenvalue weighted by atomic mass is 10.1. The molecule has 0 aliphatic heterocycles. The van der Waals surface area contributed by atoms with Gasteiger partial charge in [0.2, 0.25) is 5.78 Å². The summed E-state index contributed by atoms with van der Waals surface area (Å²) < 4.78 is -0.185. The third-order valence-electron chi connectivity index (χ3n) is 2.61. The molecule has 0 spiro atoms. The number of nitro groups is 1. The number of aliphatic hydroxyl groups excluding tert-OH is 1. The highest BCUT2D eigenvalue weighted by Gasteiger charge is 2.19. The van der Waals surface area contributed by atoms with E-state index >= 15 is 0 Å². The van der Waals surface area contributed by atoms with Crippen molar-refractivity contribution in [2.24, 2.45) is 5.10 Å². The van der Waals surface area contributed by atoms with Crippen molar-refractivity contribution >= 4 is 17.4 Å². The second-order valence-electron chi connectivity index (χ2n) is 5.19. The van der Waals surface area contributed by atoms with Crippen molar-refractivity contribution in [3.05, 3.63) is 39.9 Å². The first-order valence-corrected chi connectivity index (χ1v) is 6.20. The van der Waals surface area contributed by atoms with Gasteiger partial charge in [0.25, 0.3) is 5.69 Å². The Morgan fingerprint density at radius 3 is 2.33 bits per heavy atom. The maximum atomic E-state index is 11.9. The van der Waals surface area contributed by atoms with E-state index in [4.69, 9.17) is 0 Å². The minimum Gasteiger partial charge on any atom is -0.852 e. The second kappa shape index (κ2) is 6.42. The van der Waals surface area contributed by atoms with Crippen LogP contribution in [0.4, 0.5) is 5.69 Å². The number of ketones is 1. The minimum absolute atomic E-state index is 0.0337. The van der Waals surface area contributed by atoms with E-state index < -0.39 is 22.7 Å². The van der Waals surface area contributed by atoms with Crippen molar-refractivity contribution in [1.82, 2.24) is 0 Å². The molecule has 1 unspecified atom stereocenters. The van der Waals surface area contributed by atoms with E-state index in [2.05, 4.69) is 5.10 Å². The van der Waals surface area contributed by atoms with E-state index in [-0.39, 0.29) is 22.4 Å². The van der Waals surface area contributed by atoms with Gasteiger partial charge in [0.15, 0.2) is 0 Å². The Kier molecular flexibility index (Phi) is 5.12. The van der Waals surface area contributed by atoms with Gasteiger partial charge in [-0.05, 0) is 19.1 Å². The molecule has 21 heavy (non-hydrogen) atoms. The quantitative estimate of drug-likeness (QED) is 0.196. The first-order chi connectivity index (χ1) is 9.62. The van der Waals surface area contributed by atoms with E-state index in [9.17, 15) is 25.1 Å². The summed E-state index contributed by atoms with van der Waals surface area (Å²) >= 11 is 0. The van der Waals surface area contributed by atoms with Crippen molar-refractivity contribution in [2.45, 2.75) is 13.0 Å². The van der Waals surface area contributed by atoms with Gasteiger partial charge >= 0.3 is 0 Å². The van der Waals surface area contributed by atoms with Gasteiger partial charge in [0.1, 0.15) is 12.6 Å². The zero-order valence-electron chi connectivity index (χ0n) is 12.0. The van der Waals surface area contributed by atoms with Crippen LogP contribution in [0.25, 0.3) is 0 Å². The predicted octanol–water partition coefficient (Wildman–Crippen LogP) is -0.0915. The molecule has 1 aromatic rings. The Balaban J connectivity index is 2.94. The maximum absolute atomic E-state index is 11.9. The molecule has 1 aromatic carbocycles. The summed E-state index contributed by atoms with van der Waals surface area (Å²) in [7, 11) is 3.15. The van der Waals surface area contributed by atoms with Crippen molar-refractivity contribution in [3.63, 3.8) is 0 Å². The maximum Gasteiger partial charge on any atom is 0.269 e. The van der Waals surface area contributed by atoms with Crippen molar-refractivity contribution in [2.75, 3.05) is 20.6 Å².